The van der Waals surface area contributed by atoms with Gasteiger partial charge in [0.05, 0.1) is 0 Å². The molecule has 0 unspecified atom stereocenters. The molecular formula is C17H24Cl2N4O. The van der Waals surface area contributed by atoms with Gasteiger partial charge in [-0.1, -0.05) is 18.6 Å². The van der Waals surface area contributed by atoms with E-state index < -0.39 is 0 Å². The van der Waals surface area contributed by atoms with Crippen LogP contribution in [0.2, 0.25) is 0 Å². The molecule has 1 amide bonds. The first-order valence-electron chi connectivity index (χ1n) is 7.76. The molecule has 2 atom stereocenters. The minimum atomic E-state index is 0. The van der Waals surface area contributed by atoms with E-state index in [1.807, 2.05) is 42.1 Å². The predicted octanol–water partition coefficient (Wildman–Crippen LogP) is 3.39. The number of nitrogens with zero attached hydrogens (tertiary/aromatic N) is 2. The summed E-state index contributed by atoms with van der Waals surface area (Å²) in [6.07, 6.45) is 7.40. The molecule has 24 heavy (non-hydrogen) atoms. The fourth-order valence-corrected chi connectivity index (χ4v) is 3.15. The van der Waals surface area contributed by atoms with Gasteiger partial charge in [-0.15, -0.1) is 24.8 Å². The van der Waals surface area contributed by atoms with Crippen molar-refractivity contribution in [2.24, 2.45) is 18.7 Å². The monoisotopic (exact) mass is 370 g/mol. The van der Waals surface area contributed by atoms with Crippen LogP contribution < -0.4 is 11.1 Å². The number of anilines is 1. The molecule has 1 heterocycles. The summed E-state index contributed by atoms with van der Waals surface area (Å²) < 4.78 is 1.96. The summed E-state index contributed by atoms with van der Waals surface area (Å²) in [6, 6.07) is 7.95. The van der Waals surface area contributed by atoms with Gasteiger partial charge in [0.2, 0.25) is 5.91 Å². The van der Waals surface area contributed by atoms with E-state index in [-0.39, 0.29) is 36.8 Å². The second-order valence-corrected chi connectivity index (χ2v) is 6.05. The molecule has 0 radical (unpaired) electrons. The third-order valence-electron chi connectivity index (χ3n) is 4.39. The zero-order chi connectivity index (χ0) is 15.5. The molecule has 3 N–H and O–H groups in total. The molecule has 0 saturated heterocycles. The zero-order valence-electron chi connectivity index (χ0n) is 13.6. The average molecular weight is 371 g/mol. The molecule has 1 fully saturated rings. The van der Waals surface area contributed by atoms with Crippen LogP contribution in [0.4, 0.5) is 5.69 Å². The summed E-state index contributed by atoms with van der Waals surface area (Å²) in [5.74, 6) is 1.24. The number of carbonyl (C=O) groups is 1. The van der Waals surface area contributed by atoms with Crippen molar-refractivity contribution in [2.45, 2.75) is 31.7 Å². The number of aryl methyl sites for hydroxylation is 1. The van der Waals surface area contributed by atoms with E-state index in [4.69, 9.17) is 5.73 Å². The van der Waals surface area contributed by atoms with E-state index in [1.54, 1.807) is 6.20 Å². The van der Waals surface area contributed by atoms with E-state index >= 15 is 0 Å². The van der Waals surface area contributed by atoms with E-state index in [1.165, 1.54) is 0 Å². The first-order valence-corrected chi connectivity index (χ1v) is 7.76. The van der Waals surface area contributed by atoms with Crippen LogP contribution >= 0.6 is 24.8 Å². The summed E-state index contributed by atoms with van der Waals surface area (Å²) >= 11 is 0. The van der Waals surface area contributed by atoms with Gasteiger partial charge in [-0.2, -0.15) is 0 Å². The number of amides is 1. The second kappa shape index (κ2) is 9.06. The Labute approximate surface area is 154 Å². The topological polar surface area (TPSA) is 72.9 Å². The number of carbonyl (C=O) groups excluding carboxylic acids is 1. The minimum absolute atomic E-state index is 0. The number of rotatable bonds is 4. The number of aromatic nitrogens is 2. The van der Waals surface area contributed by atoms with Crippen LogP contribution in [0, 0.1) is 5.92 Å². The lowest BCUT2D eigenvalue weighted by molar-refractivity contribution is -0.117. The Morgan fingerprint density at radius 1 is 1.38 bits per heavy atom. The molecule has 0 aliphatic heterocycles. The molecule has 1 aliphatic rings. The van der Waals surface area contributed by atoms with Gasteiger partial charge < -0.3 is 15.6 Å². The summed E-state index contributed by atoms with van der Waals surface area (Å²) in [5.41, 5.74) is 7.83. The molecular weight excluding hydrogens is 347 g/mol. The quantitative estimate of drug-likeness (QED) is 0.865. The molecule has 5 nitrogen and oxygen atoms in total. The van der Waals surface area contributed by atoms with Crippen LogP contribution in [-0.4, -0.2) is 21.5 Å². The van der Waals surface area contributed by atoms with Gasteiger partial charge in [-0.3, -0.25) is 4.79 Å². The smallest absolute Gasteiger partial charge is 0.224 e. The Hall–Kier alpha value is -1.56. The van der Waals surface area contributed by atoms with E-state index in [0.29, 0.717) is 12.3 Å². The second-order valence-electron chi connectivity index (χ2n) is 6.05. The first kappa shape index (κ1) is 20.5. The molecule has 1 aromatic carbocycles. The fourth-order valence-electron chi connectivity index (χ4n) is 3.15. The molecule has 0 spiro atoms. The van der Waals surface area contributed by atoms with Gasteiger partial charge in [-0.25, -0.2) is 4.98 Å². The molecule has 7 heteroatoms. The fraction of sp³-hybridized carbons (Fsp3) is 0.412. The number of benzene rings is 1. The maximum absolute atomic E-state index is 12.2. The van der Waals surface area contributed by atoms with Crippen molar-refractivity contribution in [2.75, 3.05) is 5.32 Å². The van der Waals surface area contributed by atoms with Crippen LogP contribution in [0.1, 0.15) is 25.7 Å². The lowest BCUT2D eigenvalue weighted by atomic mass is 10.00. The van der Waals surface area contributed by atoms with Crippen molar-refractivity contribution in [3.63, 3.8) is 0 Å². The first-order chi connectivity index (χ1) is 10.6. The van der Waals surface area contributed by atoms with Crippen LogP contribution in [0.25, 0.3) is 11.4 Å². The number of hydrogen-bond donors (Lipinski definition) is 2. The van der Waals surface area contributed by atoms with E-state index in [0.717, 1.165) is 36.3 Å². The molecule has 0 bridgehead atoms. The van der Waals surface area contributed by atoms with Crippen LogP contribution in [0.5, 0.6) is 0 Å². The Morgan fingerprint density at radius 3 is 2.79 bits per heavy atom. The van der Waals surface area contributed by atoms with E-state index in [9.17, 15) is 4.79 Å². The number of nitrogens with two attached hydrogens (primary N) is 1. The minimum Gasteiger partial charge on any atom is -0.334 e. The molecule has 2 aromatic rings. The van der Waals surface area contributed by atoms with Gasteiger partial charge >= 0.3 is 0 Å². The van der Waals surface area contributed by atoms with E-state index in [2.05, 4.69) is 10.3 Å². The van der Waals surface area contributed by atoms with Crippen molar-refractivity contribution in [1.29, 1.82) is 0 Å². The lowest BCUT2D eigenvalue weighted by Crippen LogP contribution is -2.28. The summed E-state index contributed by atoms with van der Waals surface area (Å²) in [6.45, 7) is 0. The van der Waals surface area contributed by atoms with Crippen LogP contribution in [0.3, 0.4) is 0 Å². The molecule has 1 aliphatic carbocycles. The Kier molecular flexibility index (Phi) is 7.73. The molecule has 1 aromatic heterocycles. The predicted molar refractivity (Wildman–Crippen MR) is 102 cm³/mol. The van der Waals surface area contributed by atoms with Gasteiger partial charge in [0.1, 0.15) is 5.82 Å². The van der Waals surface area contributed by atoms with Crippen LogP contribution in [-0.2, 0) is 11.8 Å². The largest absolute Gasteiger partial charge is 0.334 e. The zero-order valence-corrected chi connectivity index (χ0v) is 15.3. The molecule has 3 rings (SSSR count). The van der Waals surface area contributed by atoms with Gasteiger partial charge in [0, 0.05) is 43.2 Å². The summed E-state index contributed by atoms with van der Waals surface area (Å²) in [5, 5.41) is 2.98. The number of halogens is 2. The van der Waals surface area contributed by atoms with Crippen molar-refractivity contribution in [3.05, 3.63) is 36.7 Å². The van der Waals surface area contributed by atoms with Crippen molar-refractivity contribution < 1.29 is 4.79 Å². The number of hydrogen-bond acceptors (Lipinski definition) is 3. The highest BCUT2D eigenvalue weighted by Crippen LogP contribution is 2.27. The standard InChI is InChI=1S/C17H22N4O.2ClH/c1-21-9-8-19-17(21)13-5-2-6-14(10-13)20-16(22)11-12-4-3-7-15(12)18;;/h2,5-6,8-10,12,15H,3-4,7,11,18H2,1H3,(H,20,22);2*1H/t12-,15+;;/m0../s1. The summed E-state index contributed by atoms with van der Waals surface area (Å²) in [7, 11) is 1.95. The highest BCUT2D eigenvalue weighted by Gasteiger charge is 2.26. The Balaban J connectivity index is 0.00000144. The van der Waals surface area contributed by atoms with Crippen molar-refractivity contribution in [1.82, 2.24) is 9.55 Å². The highest BCUT2D eigenvalue weighted by molar-refractivity contribution is 5.91. The highest BCUT2D eigenvalue weighted by atomic mass is 35.5. The van der Waals surface area contributed by atoms with Crippen LogP contribution in [0.15, 0.2) is 36.7 Å². The molecule has 132 valence electrons. The summed E-state index contributed by atoms with van der Waals surface area (Å²) in [4.78, 5) is 16.5. The lowest BCUT2D eigenvalue weighted by Gasteiger charge is -2.15. The third kappa shape index (κ3) is 4.72. The van der Waals surface area contributed by atoms with Crippen molar-refractivity contribution >= 4 is 36.4 Å². The SMILES string of the molecule is Cl.Cl.Cn1ccnc1-c1cccc(NC(=O)C[C@@H]2CCC[C@H]2N)c1. The van der Waals surface area contributed by atoms with Gasteiger partial charge in [0.15, 0.2) is 0 Å². The third-order valence-corrected chi connectivity index (χ3v) is 4.39. The van der Waals surface area contributed by atoms with Gasteiger partial charge in [0.25, 0.3) is 0 Å². The van der Waals surface area contributed by atoms with Crippen molar-refractivity contribution in [3.8, 4) is 11.4 Å². The maximum atomic E-state index is 12.2. The van der Waals surface area contributed by atoms with Gasteiger partial charge in [-0.05, 0) is 30.9 Å². The maximum Gasteiger partial charge on any atom is 0.224 e. The Bertz CT molecular complexity index is 674. The number of nitrogens with one attached hydrogen (secondary N) is 1. The Morgan fingerprint density at radius 2 is 2.17 bits per heavy atom. The normalized spacial score (nSPS) is 19.2. The average Bonchev–Trinajstić information content (AvgIpc) is 3.08. The molecule has 1 saturated carbocycles. The number of imidazole rings is 1.